The highest BCUT2D eigenvalue weighted by Gasteiger charge is 2.29. The second kappa shape index (κ2) is 6.92. The fraction of sp³-hybridized carbons (Fsp3) is 0.647. The molecule has 1 fully saturated rings. The molecule has 1 aromatic heterocycles. The van der Waals surface area contributed by atoms with Gasteiger partial charge in [-0.05, 0) is 37.7 Å². The molecule has 0 saturated heterocycles. The molecule has 0 radical (unpaired) electrons. The quantitative estimate of drug-likeness (QED) is 0.893. The molecule has 1 heterocycles. The maximum Gasteiger partial charge on any atom is 0.255 e. The second-order valence-electron chi connectivity index (χ2n) is 6.39. The molecule has 1 amide bonds. The molecule has 2 atom stereocenters. The third-order valence-electron chi connectivity index (χ3n) is 4.55. The Kier molecular flexibility index (Phi) is 5.21. The van der Waals surface area contributed by atoms with E-state index < -0.39 is 0 Å². The Balaban J connectivity index is 2.13. The van der Waals surface area contributed by atoms with Gasteiger partial charge in [-0.15, -0.1) is 0 Å². The summed E-state index contributed by atoms with van der Waals surface area (Å²) in [5, 5.41) is 6.33. The molecular formula is C17H27N3O. The average Bonchev–Trinajstić information content (AvgIpc) is 2.47. The van der Waals surface area contributed by atoms with E-state index in [0.717, 1.165) is 17.8 Å². The van der Waals surface area contributed by atoms with Crippen molar-refractivity contribution in [2.75, 3.05) is 12.4 Å². The van der Waals surface area contributed by atoms with Crippen molar-refractivity contribution >= 4 is 11.6 Å². The van der Waals surface area contributed by atoms with Crippen LogP contribution in [0.1, 0.15) is 55.6 Å². The first-order valence-corrected chi connectivity index (χ1v) is 7.98. The number of aromatic nitrogens is 1. The van der Waals surface area contributed by atoms with Crippen LogP contribution in [0.2, 0.25) is 0 Å². The molecule has 1 saturated carbocycles. The highest BCUT2D eigenvalue weighted by molar-refractivity contribution is 5.99. The minimum atomic E-state index is -0.00981. The number of aryl methyl sites for hydroxylation is 1. The van der Waals surface area contributed by atoms with Crippen molar-refractivity contribution in [3.05, 3.63) is 23.5 Å². The van der Waals surface area contributed by atoms with Crippen molar-refractivity contribution in [1.82, 2.24) is 10.3 Å². The summed E-state index contributed by atoms with van der Waals surface area (Å²) < 4.78 is 0. The van der Waals surface area contributed by atoms with Crippen LogP contribution in [-0.4, -0.2) is 24.0 Å². The lowest BCUT2D eigenvalue weighted by molar-refractivity contribution is 0.0889. The number of hydrogen-bond acceptors (Lipinski definition) is 3. The number of carbonyl (C=O) groups is 1. The topological polar surface area (TPSA) is 54.0 Å². The van der Waals surface area contributed by atoms with Gasteiger partial charge in [-0.3, -0.25) is 9.78 Å². The first-order valence-electron chi connectivity index (χ1n) is 7.98. The summed E-state index contributed by atoms with van der Waals surface area (Å²) >= 11 is 0. The zero-order valence-corrected chi connectivity index (χ0v) is 13.6. The molecule has 2 N–H and O–H groups in total. The number of rotatable bonds is 4. The summed E-state index contributed by atoms with van der Waals surface area (Å²) in [4.78, 5) is 16.8. The van der Waals surface area contributed by atoms with E-state index in [2.05, 4.69) is 29.5 Å². The van der Waals surface area contributed by atoms with E-state index in [4.69, 9.17) is 0 Å². The van der Waals surface area contributed by atoms with Crippen molar-refractivity contribution in [3.8, 4) is 0 Å². The molecule has 0 bridgehead atoms. The van der Waals surface area contributed by atoms with Crippen LogP contribution in [0, 0.1) is 18.8 Å². The number of pyridine rings is 1. The van der Waals surface area contributed by atoms with Crippen LogP contribution >= 0.6 is 0 Å². The van der Waals surface area contributed by atoms with Gasteiger partial charge in [0.1, 0.15) is 0 Å². The predicted octanol–water partition coefficient (Wildman–Crippen LogP) is 3.38. The number of hydrogen-bond donors (Lipinski definition) is 2. The van der Waals surface area contributed by atoms with Gasteiger partial charge in [-0.2, -0.15) is 0 Å². The first kappa shape index (κ1) is 15.8. The Morgan fingerprint density at radius 1 is 1.33 bits per heavy atom. The Morgan fingerprint density at radius 3 is 2.71 bits per heavy atom. The molecule has 1 aliphatic carbocycles. The Bertz CT molecular complexity index is 499. The van der Waals surface area contributed by atoms with Crippen LogP contribution in [0.3, 0.4) is 0 Å². The normalized spacial score (nSPS) is 22.1. The van der Waals surface area contributed by atoms with Gasteiger partial charge >= 0.3 is 0 Å². The summed E-state index contributed by atoms with van der Waals surface area (Å²) in [7, 11) is 1.84. The van der Waals surface area contributed by atoms with Gasteiger partial charge < -0.3 is 10.6 Å². The van der Waals surface area contributed by atoms with Crippen LogP contribution in [0.25, 0.3) is 0 Å². The van der Waals surface area contributed by atoms with Crippen LogP contribution in [0.5, 0.6) is 0 Å². The minimum Gasteiger partial charge on any atom is -0.387 e. The molecule has 1 aromatic rings. The molecular weight excluding hydrogens is 262 g/mol. The molecule has 2 unspecified atom stereocenters. The fourth-order valence-electron chi connectivity index (χ4n) is 3.33. The molecule has 21 heavy (non-hydrogen) atoms. The summed E-state index contributed by atoms with van der Waals surface area (Å²) in [5.74, 6) is 1.18. The van der Waals surface area contributed by atoms with E-state index in [1.165, 1.54) is 19.3 Å². The zero-order chi connectivity index (χ0) is 15.4. The predicted molar refractivity (Wildman–Crippen MR) is 86.6 cm³/mol. The van der Waals surface area contributed by atoms with Crippen LogP contribution in [-0.2, 0) is 0 Å². The van der Waals surface area contributed by atoms with Gasteiger partial charge in [0, 0.05) is 25.0 Å². The number of amides is 1. The Morgan fingerprint density at radius 2 is 2.05 bits per heavy atom. The minimum absolute atomic E-state index is 0.00981. The van der Waals surface area contributed by atoms with Crippen molar-refractivity contribution in [2.24, 2.45) is 11.8 Å². The van der Waals surface area contributed by atoms with Gasteiger partial charge in [0.2, 0.25) is 0 Å². The number of nitrogens with one attached hydrogen (secondary N) is 2. The Labute approximate surface area is 127 Å². The molecule has 4 nitrogen and oxygen atoms in total. The zero-order valence-electron chi connectivity index (χ0n) is 13.6. The first-order chi connectivity index (χ1) is 10.0. The van der Waals surface area contributed by atoms with Crippen molar-refractivity contribution in [1.29, 1.82) is 0 Å². The third kappa shape index (κ3) is 3.74. The van der Waals surface area contributed by atoms with Crippen LogP contribution in [0.4, 0.5) is 5.69 Å². The highest BCUT2D eigenvalue weighted by Crippen LogP contribution is 2.30. The number of carbonyl (C=O) groups excluding carboxylic acids is 1. The average molecular weight is 289 g/mol. The fourth-order valence-corrected chi connectivity index (χ4v) is 3.33. The lowest BCUT2D eigenvalue weighted by atomic mass is 9.78. The van der Waals surface area contributed by atoms with Gasteiger partial charge in [0.15, 0.2) is 0 Å². The van der Waals surface area contributed by atoms with Crippen molar-refractivity contribution in [3.63, 3.8) is 0 Å². The van der Waals surface area contributed by atoms with E-state index in [9.17, 15) is 4.79 Å². The van der Waals surface area contributed by atoms with Gasteiger partial charge in [0.05, 0.1) is 11.3 Å². The standard InChI is InChI=1S/C17H27N3O/c1-11(2)13-7-5-6-8-15(13)20-17(21)14-10-19-12(3)9-16(14)18-4/h9-11,13,15H,5-8H2,1-4H3,(H,18,19)(H,20,21). The van der Waals surface area contributed by atoms with Crippen molar-refractivity contribution < 1.29 is 4.79 Å². The van der Waals surface area contributed by atoms with Gasteiger partial charge in [-0.1, -0.05) is 26.7 Å². The van der Waals surface area contributed by atoms with E-state index in [-0.39, 0.29) is 11.9 Å². The largest absolute Gasteiger partial charge is 0.387 e. The van der Waals surface area contributed by atoms with E-state index in [1.54, 1.807) is 6.20 Å². The number of nitrogens with zero attached hydrogens (tertiary/aromatic N) is 1. The molecule has 0 aromatic carbocycles. The van der Waals surface area contributed by atoms with E-state index >= 15 is 0 Å². The van der Waals surface area contributed by atoms with E-state index in [0.29, 0.717) is 17.4 Å². The lowest BCUT2D eigenvalue weighted by Gasteiger charge is -2.35. The molecule has 2 rings (SSSR count). The summed E-state index contributed by atoms with van der Waals surface area (Å²) in [5.41, 5.74) is 2.39. The third-order valence-corrected chi connectivity index (χ3v) is 4.55. The van der Waals surface area contributed by atoms with Crippen molar-refractivity contribution in [2.45, 2.75) is 52.5 Å². The second-order valence-corrected chi connectivity index (χ2v) is 6.39. The smallest absolute Gasteiger partial charge is 0.255 e. The molecule has 0 aliphatic heterocycles. The van der Waals surface area contributed by atoms with Crippen LogP contribution < -0.4 is 10.6 Å². The van der Waals surface area contributed by atoms with Gasteiger partial charge in [-0.25, -0.2) is 0 Å². The van der Waals surface area contributed by atoms with Gasteiger partial charge in [0.25, 0.3) is 5.91 Å². The monoisotopic (exact) mass is 289 g/mol. The molecule has 1 aliphatic rings. The Hall–Kier alpha value is -1.58. The molecule has 116 valence electrons. The maximum absolute atomic E-state index is 12.6. The maximum atomic E-state index is 12.6. The summed E-state index contributed by atoms with van der Waals surface area (Å²) in [6, 6.07) is 2.20. The van der Waals surface area contributed by atoms with E-state index in [1.807, 2.05) is 20.0 Å². The summed E-state index contributed by atoms with van der Waals surface area (Å²) in [6.07, 6.45) is 6.46. The SMILES string of the molecule is CNc1cc(C)ncc1C(=O)NC1CCCCC1C(C)C. The lowest BCUT2D eigenvalue weighted by Crippen LogP contribution is -2.44. The number of anilines is 1. The van der Waals surface area contributed by atoms with Crippen LogP contribution in [0.15, 0.2) is 12.3 Å². The molecule has 4 heteroatoms. The molecule has 0 spiro atoms. The summed E-state index contributed by atoms with van der Waals surface area (Å²) in [6.45, 7) is 6.43. The highest BCUT2D eigenvalue weighted by atomic mass is 16.1.